The van der Waals surface area contributed by atoms with E-state index in [9.17, 15) is 18.8 Å². The van der Waals surface area contributed by atoms with E-state index in [4.69, 9.17) is 5.11 Å². The van der Waals surface area contributed by atoms with Gasteiger partial charge in [0.2, 0.25) is 5.91 Å². The van der Waals surface area contributed by atoms with Gasteiger partial charge in [-0.1, -0.05) is 12.1 Å². The van der Waals surface area contributed by atoms with Crippen LogP contribution in [0.5, 0.6) is 0 Å². The predicted molar refractivity (Wildman–Crippen MR) is 76.7 cm³/mol. The van der Waals surface area contributed by atoms with E-state index < -0.39 is 17.7 Å². The number of nitrogens with one attached hydrogen (secondary N) is 2. The van der Waals surface area contributed by atoms with Crippen LogP contribution in [0.25, 0.3) is 0 Å². The van der Waals surface area contributed by atoms with Gasteiger partial charge in [0.05, 0.1) is 17.1 Å². The Labute approximate surface area is 125 Å². The molecule has 0 aliphatic rings. The van der Waals surface area contributed by atoms with Gasteiger partial charge in [-0.3, -0.25) is 14.4 Å². The Morgan fingerprint density at radius 2 is 1.76 bits per heavy atom. The number of hydrogen-bond donors (Lipinski definition) is 3. The van der Waals surface area contributed by atoms with Gasteiger partial charge in [-0.25, -0.2) is 4.39 Å². The summed E-state index contributed by atoms with van der Waals surface area (Å²) >= 11 is 0.984. The molecule has 0 unspecified atom stereocenters. The molecule has 6 nitrogen and oxygen atoms in total. The third-order valence-corrected chi connectivity index (χ3v) is 3.23. The fraction of sp³-hybridized carbons (Fsp3) is 0.308. The summed E-state index contributed by atoms with van der Waals surface area (Å²) < 4.78 is 13.3. The normalized spacial score (nSPS) is 9.95. The first-order valence-electron chi connectivity index (χ1n) is 6.09. The molecule has 8 heteroatoms. The molecule has 0 heterocycles. The first-order chi connectivity index (χ1) is 10.0. The molecular weight excluding hydrogens is 299 g/mol. The molecular formula is C13H15FN2O4S. The molecule has 0 bridgehead atoms. The van der Waals surface area contributed by atoms with Crippen molar-refractivity contribution in [2.24, 2.45) is 0 Å². The second-order valence-corrected chi connectivity index (χ2v) is 4.96. The largest absolute Gasteiger partial charge is 0.481 e. The van der Waals surface area contributed by atoms with Crippen molar-refractivity contribution in [2.75, 3.05) is 24.6 Å². The molecule has 0 radical (unpaired) electrons. The predicted octanol–water partition coefficient (Wildman–Crippen LogP) is 0.490. The number of thioether (sulfide) groups is 1. The molecule has 0 saturated carbocycles. The maximum absolute atomic E-state index is 13.3. The van der Waals surface area contributed by atoms with E-state index in [1.807, 2.05) is 0 Å². The number of carboxylic acids is 1. The van der Waals surface area contributed by atoms with Gasteiger partial charge in [0.1, 0.15) is 5.82 Å². The zero-order chi connectivity index (χ0) is 15.7. The molecule has 0 aromatic heterocycles. The Morgan fingerprint density at radius 1 is 1.10 bits per heavy atom. The number of amides is 2. The summed E-state index contributed by atoms with van der Waals surface area (Å²) in [5.74, 6) is -2.57. The number of halogens is 1. The molecule has 0 atom stereocenters. The van der Waals surface area contributed by atoms with Crippen LogP contribution in [0.2, 0.25) is 0 Å². The first-order valence-corrected chi connectivity index (χ1v) is 7.25. The minimum Gasteiger partial charge on any atom is -0.481 e. The number of hydrogen-bond acceptors (Lipinski definition) is 4. The van der Waals surface area contributed by atoms with Crippen LogP contribution in [0.1, 0.15) is 10.4 Å². The fourth-order valence-electron chi connectivity index (χ4n) is 1.40. The zero-order valence-electron chi connectivity index (χ0n) is 11.1. The number of benzene rings is 1. The van der Waals surface area contributed by atoms with Gasteiger partial charge >= 0.3 is 5.97 Å². The minimum absolute atomic E-state index is 0.0353. The van der Waals surface area contributed by atoms with Crippen molar-refractivity contribution in [1.82, 2.24) is 10.6 Å². The van der Waals surface area contributed by atoms with Gasteiger partial charge in [0.15, 0.2) is 0 Å². The van der Waals surface area contributed by atoms with Gasteiger partial charge in [-0.2, -0.15) is 0 Å². The van der Waals surface area contributed by atoms with Crippen LogP contribution in [0.3, 0.4) is 0 Å². The lowest BCUT2D eigenvalue weighted by Crippen LogP contribution is -2.35. The highest BCUT2D eigenvalue weighted by Gasteiger charge is 2.10. The topological polar surface area (TPSA) is 95.5 Å². The summed E-state index contributed by atoms with van der Waals surface area (Å²) in [6, 6.07) is 5.60. The highest BCUT2D eigenvalue weighted by atomic mass is 32.2. The monoisotopic (exact) mass is 314 g/mol. The highest BCUT2D eigenvalue weighted by molar-refractivity contribution is 8.00. The van der Waals surface area contributed by atoms with Gasteiger partial charge in [0.25, 0.3) is 5.91 Å². The van der Waals surface area contributed by atoms with E-state index in [1.54, 1.807) is 6.07 Å². The highest BCUT2D eigenvalue weighted by Crippen LogP contribution is 2.05. The number of aliphatic carboxylic acids is 1. The molecule has 0 spiro atoms. The van der Waals surface area contributed by atoms with E-state index in [2.05, 4.69) is 10.6 Å². The molecule has 0 saturated heterocycles. The lowest BCUT2D eigenvalue weighted by Gasteiger charge is -2.07. The SMILES string of the molecule is O=C(O)CSCC(=O)NCCNC(=O)c1ccccc1F. The lowest BCUT2D eigenvalue weighted by atomic mass is 10.2. The van der Waals surface area contributed by atoms with Crippen LogP contribution in [-0.2, 0) is 9.59 Å². The van der Waals surface area contributed by atoms with Crippen molar-refractivity contribution in [3.8, 4) is 0 Å². The minimum atomic E-state index is -0.982. The second kappa shape index (κ2) is 8.96. The van der Waals surface area contributed by atoms with E-state index >= 15 is 0 Å². The van der Waals surface area contributed by atoms with E-state index in [-0.39, 0.29) is 36.1 Å². The van der Waals surface area contributed by atoms with Crippen molar-refractivity contribution < 1.29 is 23.9 Å². The fourth-order valence-corrected chi connectivity index (χ4v) is 1.96. The molecule has 21 heavy (non-hydrogen) atoms. The summed E-state index contributed by atoms with van der Waals surface area (Å²) in [4.78, 5) is 33.2. The first kappa shape index (κ1) is 17.0. The third-order valence-electron chi connectivity index (χ3n) is 2.31. The average molecular weight is 314 g/mol. The number of carbonyl (C=O) groups excluding carboxylic acids is 2. The number of carbonyl (C=O) groups is 3. The van der Waals surface area contributed by atoms with Gasteiger partial charge in [-0.05, 0) is 12.1 Å². The van der Waals surface area contributed by atoms with Crippen molar-refractivity contribution >= 4 is 29.5 Å². The van der Waals surface area contributed by atoms with Gasteiger partial charge in [-0.15, -0.1) is 11.8 Å². The molecule has 114 valence electrons. The van der Waals surface area contributed by atoms with Crippen LogP contribution in [0, 0.1) is 5.82 Å². The van der Waals surface area contributed by atoms with Crippen LogP contribution >= 0.6 is 11.8 Å². The van der Waals surface area contributed by atoms with Crippen LogP contribution in [-0.4, -0.2) is 47.5 Å². The van der Waals surface area contributed by atoms with Crippen LogP contribution in [0.15, 0.2) is 24.3 Å². The molecule has 0 aliphatic heterocycles. The summed E-state index contributed by atoms with van der Waals surface area (Å²) in [6.45, 7) is 0.342. The quantitative estimate of drug-likeness (QED) is 0.607. The molecule has 1 rings (SSSR count). The third kappa shape index (κ3) is 6.75. The summed E-state index contributed by atoms with van der Waals surface area (Å²) in [5, 5.41) is 13.4. The van der Waals surface area contributed by atoms with E-state index in [0.717, 1.165) is 11.8 Å². The Bertz CT molecular complexity index is 525. The molecule has 1 aromatic carbocycles. The van der Waals surface area contributed by atoms with E-state index in [1.165, 1.54) is 18.2 Å². The Hall–Kier alpha value is -2.09. The molecule has 0 aliphatic carbocycles. The Kier molecular flexibility index (Phi) is 7.24. The van der Waals surface area contributed by atoms with Gasteiger partial charge < -0.3 is 15.7 Å². The maximum atomic E-state index is 13.3. The van der Waals surface area contributed by atoms with Gasteiger partial charge in [0, 0.05) is 13.1 Å². The Morgan fingerprint density at radius 3 is 2.43 bits per heavy atom. The summed E-state index contributed by atoms with van der Waals surface area (Å²) in [7, 11) is 0. The van der Waals surface area contributed by atoms with Crippen LogP contribution in [0.4, 0.5) is 4.39 Å². The van der Waals surface area contributed by atoms with Crippen molar-refractivity contribution in [3.05, 3.63) is 35.6 Å². The van der Waals surface area contributed by atoms with Crippen molar-refractivity contribution in [3.63, 3.8) is 0 Å². The molecule has 3 N–H and O–H groups in total. The van der Waals surface area contributed by atoms with E-state index in [0.29, 0.717) is 0 Å². The molecule has 2 amide bonds. The lowest BCUT2D eigenvalue weighted by molar-refractivity contribution is -0.133. The summed E-state index contributed by atoms with van der Waals surface area (Å²) in [5.41, 5.74) is -0.0548. The number of rotatable bonds is 8. The number of carboxylic acid groups (broad SMARTS) is 1. The zero-order valence-corrected chi connectivity index (χ0v) is 11.9. The average Bonchev–Trinajstić information content (AvgIpc) is 2.43. The molecule has 0 fully saturated rings. The Balaban J connectivity index is 2.19. The maximum Gasteiger partial charge on any atom is 0.313 e. The van der Waals surface area contributed by atoms with Crippen molar-refractivity contribution in [1.29, 1.82) is 0 Å². The second-order valence-electron chi connectivity index (χ2n) is 3.97. The smallest absolute Gasteiger partial charge is 0.313 e. The standard InChI is InChI=1S/C13H15FN2O4S/c14-10-4-2-1-3-9(10)13(20)16-6-5-15-11(17)7-21-8-12(18)19/h1-4H,5-8H2,(H,15,17)(H,16,20)(H,18,19). The molecule has 1 aromatic rings. The summed E-state index contributed by atoms with van der Waals surface area (Å²) in [6.07, 6.45) is 0. The van der Waals surface area contributed by atoms with Crippen molar-refractivity contribution in [2.45, 2.75) is 0 Å². The van der Waals surface area contributed by atoms with Crippen LogP contribution < -0.4 is 10.6 Å².